The van der Waals surface area contributed by atoms with Crippen molar-refractivity contribution in [3.8, 4) is 11.5 Å². The smallest absolute Gasteiger partial charge is 0.238 e. The number of anilines is 1. The molecule has 0 saturated carbocycles. The second kappa shape index (κ2) is 8.31. The number of methoxy groups -OCH3 is 2. The zero-order chi connectivity index (χ0) is 17.5. The molecular weight excluding hydrogens is 311 g/mol. The molecular formula is C18H21FN2O3. The van der Waals surface area contributed by atoms with Crippen LogP contribution in [0.3, 0.4) is 0 Å². The van der Waals surface area contributed by atoms with Crippen molar-refractivity contribution in [3.63, 3.8) is 0 Å². The maximum absolute atomic E-state index is 13.7. The monoisotopic (exact) mass is 332 g/mol. The molecule has 0 aliphatic heterocycles. The molecule has 5 nitrogen and oxygen atoms in total. The van der Waals surface area contributed by atoms with Crippen LogP contribution in [0.1, 0.15) is 5.56 Å². The Morgan fingerprint density at radius 3 is 2.50 bits per heavy atom. The van der Waals surface area contributed by atoms with Crippen LogP contribution >= 0.6 is 0 Å². The summed E-state index contributed by atoms with van der Waals surface area (Å²) >= 11 is 0. The number of carbonyl (C=O) groups excluding carboxylic acids is 1. The van der Waals surface area contributed by atoms with Crippen LogP contribution in [0, 0.1) is 5.82 Å². The third kappa shape index (κ3) is 4.70. The van der Waals surface area contributed by atoms with Gasteiger partial charge in [-0.05, 0) is 36.9 Å². The summed E-state index contributed by atoms with van der Waals surface area (Å²) in [4.78, 5) is 13.9. The Morgan fingerprint density at radius 2 is 1.83 bits per heavy atom. The fourth-order valence-electron chi connectivity index (χ4n) is 2.36. The lowest BCUT2D eigenvalue weighted by atomic mass is 10.2. The number of hydrogen-bond acceptors (Lipinski definition) is 4. The molecule has 2 rings (SSSR count). The lowest BCUT2D eigenvalue weighted by Crippen LogP contribution is -2.30. The quantitative estimate of drug-likeness (QED) is 0.847. The highest BCUT2D eigenvalue weighted by Crippen LogP contribution is 2.23. The van der Waals surface area contributed by atoms with Crippen molar-refractivity contribution in [2.24, 2.45) is 0 Å². The van der Waals surface area contributed by atoms with Gasteiger partial charge in [-0.2, -0.15) is 0 Å². The number of rotatable bonds is 7. The van der Waals surface area contributed by atoms with Crippen LogP contribution in [0.5, 0.6) is 11.5 Å². The van der Waals surface area contributed by atoms with Crippen LogP contribution in [0.15, 0.2) is 42.5 Å². The van der Waals surface area contributed by atoms with Crippen LogP contribution in [0.4, 0.5) is 10.1 Å². The summed E-state index contributed by atoms with van der Waals surface area (Å²) in [5.74, 6) is 0.221. The maximum Gasteiger partial charge on any atom is 0.238 e. The van der Waals surface area contributed by atoms with Gasteiger partial charge in [0.2, 0.25) is 5.91 Å². The predicted octanol–water partition coefficient (Wildman–Crippen LogP) is 2.91. The van der Waals surface area contributed by atoms with Crippen molar-refractivity contribution >= 4 is 11.6 Å². The third-order valence-corrected chi connectivity index (χ3v) is 3.46. The molecule has 0 fully saturated rings. The molecule has 1 amide bonds. The number of benzene rings is 2. The molecule has 0 heterocycles. The van der Waals surface area contributed by atoms with E-state index in [1.807, 2.05) is 12.1 Å². The largest absolute Gasteiger partial charge is 0.495 e. The standard InChI is InChI=1S/C18H21FN2O3/c1-21(11-13-8-9-16(23-2)14(19)10-13)12-18(22)20-15-6-4-5-7-17(15)24-3/h4-10H,11-12H2,1-3H3,(H,20,22). The van der Waals surface area contributed by atoms with Gasteiger partial charge in [0.1, 0.15) is 5.75 Å². The minimum atomic E-state index is -0.415. The highest BCUT2D eigenvalue weighted by atomic mass is 19.1. The van der Waals surface area contributed by atoms with E-state index in [0.29, 0.717) is 18.0 Å². The van der Waals surface area contributed by atoms with Crippen LogP contribution in [-0.4, -0.2) is 38.6 Å². The summed E-state index contributed by atoms with van der Waals surface area (Å²) in [6, 6.07) is 12.0. The van der Waals surface area contributed by atoms with E-state index < -0.39 is 5.82 Å². The van der Waals surface area contributed by atoms with E-state index in [2.05, 4.69) is 5.32 Å². The van der Waals surface area contributed by atoms with E-state index >= 15 is 0 Å². The van der Waals surface area contributed by atoms with Gasteiger partial charge in [-0.25, -0.2) is 4.39 Å². The van der Waals surface area contributed by atoms with Gasteiger partial charge in [0.25, 0.3) is 0 Å². The van der Waals surface area contributed by atoms with E-state index in [1.165, 1.54) is 13.2 Å². The van der Waals surface area contributed by atoms with Crippen LogP contribution in [-0.2, 0) is 11.3 Å². The molecule has 2 aromatic rings. The molecule has 0 aliphatic rings. The van der Waals surface area contributed by atoms with Gasteiger partial charge in [-0.15, -0.1) is 0 Å². The SMILES string of the molecule is COc1ccc(CN(C)CC(=O)Nc2ccccc2OC)cc1F. The molecule has 6 heteroatoms. The Bertz CT molecular complexity index is 706. The normalized spacial score (nSPS) is 10.5. The number of para-hydroxylation sites is 2. The summed E-state index contributed by atoms with van der Waals surface area (Å²) in [5.41, 5.74) is 1.38. The molecule has 0 aromatic heterocycles. The number of ether oxygens (including phenoxy) is 2. The van der Waals surface area contributed by atoms with Crippen molar-refractivity contribution < 1.29 is 18.7 Å². The molecule has 0 aliphatic carbocycles. The minimum Gasteiger partial charge on any atom is -0.495 e. The van der Waals surface area contributed by atoms with Crippen molar-refractivity contribution in [1.29, 1.82) is 0 Å². The number of halogens is 1. The van der Waals surface area contributed by atoms with Crippen molar-refractivity contribution in [1.82, 2.24) is 4.90 Å². The molecule has 0 unspecified atom stereocenters. The van der Waals surface area contributed by atoms with E-state index in [4.69, 9.17) is 9.47 Å². The molecule has 0 atom stereocenters. The number of likely N-dealkylation sites (N-methyl/N-ethyl adjacent to an activating group) is 1. The predicted molar refractivity (Wildman–Crippen MR) is 90.9 cm³/mol. The summed E-state index contributed by atoms with van der Waals surface area (Å²) in [6.07, 6.45) is 0. The molecule has 1 N–H and O–H groups in total. The highest BCUT2D eigenvalue weighted by Gasteiger charge is 2.11. The summed E-state index contributed by atoms with van der Waals surface area (Å²) < 4.78 is 23.8. The second-order valence-corrected chi connectivity index (χ2v) is 5.39. The molecule has 0 radical (unpaired) electrons. The van der Waals surface area contributed by atoms with Gasteiger partial charge in [-0.1, -0.05) is 18.2 Å². The van der Waals surface area contributed by atoms with Gasteiger partial charge in [0.05, 0.1) is 26.5 Å². The number of hydrogen-bond donors (Lipinski definition) is 1. The second-order valence-electron chi connectivity index (χ2n) is 5.39. The summed E-state index contributed by atoms with van der Waals surface area (Å²) in [7, 11) is 4.77. The molecule has 2 aromatic carbocycles. The molecule has 0 saturated heterocycles. The van der Waals surface area contributed by atoms with E-state index in [1.54, 1.807) is 43.3 Å². The Morgan fingerprint density at radius 1 is 1.12 bits per heavy atom. The molecule has 24 heavy (non-hydrogen) atoms. The zero-order valence-electron chi connectivity index (χ0n) is 14.0. The molecule has 0 bridgehead atoms. The summed E-state index contributed by atoms with van der Waals surface area (Å²) in [5, 5.41) is 2.81. The van der Waals surface area contributed by atoms with Gasteiger partial charge in [0, 0.05) is 6.54 Å². The van der Waals surface area contributed by atoms with Gasteiger partial charge < -0.3 is 14.8 Å². The minimum absolute atomic E-state index is 0.170. The van der Waals surface area contributed by atoms with E-state index in [9.17, 15) is 9.18 Å². The topological polar surface area (TPSA) is 50.8 Å². The van der Waals surface area contributed by atoms with Crippen molar-refractivity contribution in [2.45, 2.75) is 6.54 Å². The highest BCUT2D eigenvalue weighted by molar-refractivity contribution is 5.93. The van der Waals surface area contributed by atoms with Crippen molar-refractivity contribution in [3.05, 3.63) is 53.8 Å². The fraction of sp³-hybridized carbons (Fsp3) is 0.278. The third-order valence-electron chi connectivity index (χ3n) is 3.46. The Kier molecular flexibility index (Phi) is 6.14. The van der Waals surface area contributed by atoms with Gasteiger partial charge >= 0.3 is 0 Å². The van der Waals surface area contributed by atoms with Crippen LogP contribution in [0.25, 0.3) is 0 Å². The lowest BCUT2D eigenvalue weighted by molar-refractivity contribution is -0.117. The first-order valence-corrected chi connectivity index (χ1v) is 7.47. The van der Waals surface area contributed by atoms with Crippen LogP contribution < -0.4 is 14.8 Å². The van der Waals surface area contributed by atoms with E-state index in [0.717, 1.165) is 5.56 Å². The van der Waals surface area contributed by atoms with Crippen molar-refractivity contribution in [2.75, 3.05) is 33.1 Å². The van der Waals surface area contributed by atoms with Gasteiger partial charge in [0.15, 0.2) is 11.6 Å². The fourth-order valence-corrected chi connectivity index (χ4v) is 2.36. The average molecular weight is 332 g/mol. The van der Waals surface area contributed by atoms with Crippen LogP contribution in [0.2, 0.25) is 0 Å². The first kappa shape index (κ1) is 17.7. The maximum atomic E-state index is 13.7. The molecule has 128 valence electrons. The summed E-state index contributed by atoms with van der Waals surface area (Å²) in [6.45, 7) is 0.617. The lowest BCUT2D eigenvalue weighted by Gasteiger charge is -2.17. The number of nitrogens with zero attached hydrogens (tertiary/aromatic N) is 1. The number of nitrogens with one attached hydrogen (secondary N) is 1. The average Bonchev–Trinajstić information content (AvgIpc) is 2.55. The first-order valence-electron chi connectivity index (χ1n) is 7.47. The van der Waals surface area contributed by atoms with E-state index in [-0.39, 0.29) is 18.2 Å². The zero-order valence-corrected chi connectivity index (χ0v) is 14.0. The Balaban J connectivity index is 1.93. The number of amides is 1. The van der Waals surface area contributed by atoms with Gasteiger partial charge in [-0.3, -0.25) is 9.69 Å². The first-order chi connectivity index (χ1) is 11.5. The Labute approximate surface area is 141 Å². The molecule has 0 spiro atoms. The number of carbonyl (C=O) groups is 1. The Hall–Kier alpha value is -2.60.